The third kappa shape index (κ3) is 1.61. The van der Waals surface area contributed by atoms with E-state index in [0.29, 0.717) is 0 Å². The van der Waals surface area contributed by atoms with Crippen molar-refractivity contribution in [2.75, 3.05) is 0 Å². The molecule has 1 aliphatic carbocycles. The van der Waals surface area contributed by atoms with E-state index in [4.69, 9.17) is 10.5 Å². The average molecular weight is 253 g/mol. The zero-order valence-corrected chi connectivity index (χ0v) is 10.0. The minimum atomic E-state index is -0.0410. The third-order valence-electron chi connectivity index (χ3n) is 3.24. The van der Waals surface area contributed by atoms with Gasteiger partial charge in [-0.05, 0) is 18.2 Å². The van der Waals surface area contributed by atoms with E-state index in [1.807, 2.05) is 24.4 Å². The summed E-state index contributed by atoms with van der Waals surface area (Å²) in [6.45, 7) is 0. The molecule has 2 aliphatic rings. The molecule has 4 rings (SSSR count). The lowest BCUT2D eigenvalue weighted by molar-refractivity contribution is 0.243. The second-order valence-corrected chi connectivity index (χ2v) is 4.47. The third-order valence-corrected chi connectivity index (χ3v) is 3.24. The zero-order valence-electron chi connectivity index (χ0n) is 10.0. The summed E-state index contributed by atoms with van der Waals surface area (Å²) < 4.78 is 7.14. The molecule has 2 aromatic heterocycles. The van der Waals surface area contributed by atoms with Crippen molar-refractivity contribution in [2.24, 2.45) is 10.7 Å². The van der Waals surface area contributed by atoms with E-state index in [1.54, 1.807) is 10.7 Å². The van der Waals surface area contributed by atoms with E-state index in [2.05, 4.69) is 21.2 Å². The summed E-state index contributed by atoms with van der Waals surface area (Å²) >= 11 is 0. The summed E-state index contributed by atoms with van der Waals surface area (Å²) in [5.74, 6) is 0. The Morgan fingerprint density at radius 2 is 2.32 bits per heavy atom. The lowest BCUT2D eigenvalue weighted by Gasteiger charge is -2.14. The molecule has 3 heterocycles. The molecule has 0 bridgehead atoms. The molecule has 6 nitrogen and oxygen atoms in total. The van der Waals surface area contributed by atoms with E-state index in [9.17, 15) is 0 Å². The Kier molecular flexibility index (Phi) is 2.00. The number of aliphatic imine (C=N–C) groups is 1. The molecule has 2 aromatic rings. The van der Waals surface area contributed by atoms with Crippen molar-refractivity contribution < 1.29 is 4.74 Å². The van der Waals surface area contributed by atoms with Crippen LogP contribution in [0.3, 0.4) is 0 Å². The molecule has 0 aromatic carbocycles. The number of allylic oxidation sites excluding steroid dienone is 2. The molecule has 0 amide bonds. The molecule has 1 unspecified atom stereocenters. The topological polar surface area (TPSA) is 77.8 Å². The van der Waals surface area contributed by atoms with Crippen molar-refractivity contribution >= 4 is 17.2 Å². The lowest BCUT2D eigenvalue weighted by Crippen LogP contribution is -2.18. The van der Waals surface area contributed by atoms with Gasteiger partial charge in [0.05, 0.1) is 11.4 Å². The SMILES string of the molecule is NC1=NC2=CC(c3ccc4nccn4n3)=CCC2O1. The Hall–Kier alpha value is -2.63. The molecule has 1 atom stereocenters. The first-order valence-corrected chi connectivity index (χ1v) is 6.03. The van der Waals surface area contributed by atoms with Gasteiger partial charge >= 0.3 is 0 Å². The maximum absolute atomic E-state index is 5.57. The van der Waals surface area contributed by atoms with Crippen molar-refractivity contribution in [3.8, 4) is 0 Å². The molecule has 19 heavy (non-hydrogen) atoms. The largest absolute Gasteiger partial charge is 0.455 e. The fourth-order valence-electron chi connectivity index (χ4n) is 2.33. The highest BCUT2D eigenvalue weighted by Gasteiger charge is 2.26. The summed E-state index contributed by atoms with van der Waals surface area (Å²) in [6.07, 6.45) is 8.33. The highest BCUT2D eigenvalue weighted by Crippen LogP contribution is 2.29. The number of hydrogen-bond acceptors (Lipinski definition) is 5. The van der Waals surface area contributed by atoms with Gasteiger partial charge in [0, 0.05) is 24.4 Å². The fourth-order valence-corrected chi connectivity index (χ4v) is 2.33. The van der Waals surface area contributed by atoms with E-state index >= 15 is 0 Å². The van der Waals surface area contributed by atoms with Gasteiger partial charge in [0.2, 0.25) is 0 Å². The zero-order chi connectivity index (χ0) is 12.8. The van der Waals surface area contributed by atoms with Crippen LogP contribution in [0.15, 0.2) is 47.4 Å². The quantitative estimate of drug-likeness (QED) is 0.826. The van der Waals surface area contributed by atoms with Gasteiger partial charge in [-0.25, -0.2) is 9.50 Å². The average Bonchev–Trinajstić information content (AvgIpc) is 3.01. The highest BCUT2D eigenvalue weighted by atomic mass is 16.5. The second-order valence-electron chi connectivity index (χ2n) is 4.47. The Bertz CT molecular complexity index is 755. The van der Waals surface area contributed by atoms with Crippen LogP contribution in [0.5, 0.6) is 0 Å². The fraction of sp³-hybridized carbons (Fsp3) is 0.154. The van der Waals surface area contributed by atoms with Crippen LogP contribution in [0.25, 0.3) is 11.2 Å². The monoisotopic (exact) mass is 253 g/mol. The van der Waals surface area contributed by atoms with Gasteiger partial charge in [-0.2, -0.15) is 10.1 Å². The van der Waals surface area contributed by atoms with Crippen molar-refractivity contribution in [2.45, 2.75) is 12.5 Å². The highest BCUT2D eigenvalue weighted by molar-refractivity contribution is 5.80. The molecule has 6 heteroatoms. The maximum atomic E-state index is 5.57. The van der Waals surface area contributed by atoms with Crippen molar-refractivity contribution in [1.29, 1.82) is 0 Å². The number of rotatable bonds is 1. The van der Waals surface area contributed by atoms with Gasteiger partial charge in [0.15, 0.2) is 5.65 Å². The first kappa shape index (κ1) is 10.3. The first-order chi connectivity index (χ1) is 9.29. The normalized spacial score (nSPS) is 21.5. The number of amidine groups is 1. The molecule has 2 N–H and O–H groups in total. The van der Waals surface area contributed by atoms with Crippen molar-refractivity contribution in [1.82, 2.24) is 14.6 Å². The Labute approximate surface area is 108 Å². The number of hydrogen-bond donors (Lipinski definition) is 1. The minimum Gasteiger partial charge on any atom is -0.455 e. The Morgan fingerprint density at radius 1 is 1.37 bits per heavy atom. The number of nitrogens with two attached hydrogens (primary N) is 1. The summed E-state index contributed by atoms with van der Waals surface area (Å²) in [6, 6.07) is 4.13. The first-order valence-electron chi connectivity index (χ1n) is 6.03. The van der Waals surface area contributed by atoms with Crippen LogP contribution in [0.4, 0.5) is 0 Å². The van der Waals surface area contributed by atoms with Gasteiger partial charge < -0.3 is 10.5 Å². The summed E-state index contributed by atoms with van der Waals surface area (Å²) in [4.78, 5) is 8.36. The van der Waals surface area contributed by atoms with Crippen molar-refractivity contribution in [3.05, 3.63) is 48.1 Å². The number of aromatic nitrogens is 3. The number of imidazole rings is 1. The molecule has 94 valence electrons. The Balaban J connectivity index is 1.76. The standard InChI is InChI=1S/C13H11N5O/c14-13-16-10-7-8(1-3-11(10)19-13)9-2-4-12-15-5-6-18(12)17-9/h1-2,4-7,11H,3H2,(H2,14,16). The number of nitrogens with zero attached hydrogens (tertiary/aromatic N) is 4. The van der Waals surface area contributed by atoms with Crippen LogP contribution >= 0.6 is 0 Å². The van der Waals surface area contributed by atoms with Crippen LogP contribution in [0.1, 0.15) is 12.1 Å². The van der Waals surface area contributed by atoms with E-state index in [1.165, 1.54) is 0 Å². The molecule has 0 fully saturated rings. The van der Waals surface area contributed by atoms with Crippen LogP contribution in [0, 0.1) is 0 Å². The van der Waals surface area contributed by atoms with Crippen LogP contribution < -0.4 is 5.73 Å². The van der Waals surface area contributed by atoms with Gasteiger partial charge in [0.1, 0.15) is 6.10 Å². The maximum Gasteiger partial charge on any atom is 0.287 e. The Morgan fingerprint density at radius 3 is 3.26 bits per heavy atom. The molecular weight excluding hydrogens is 242 g/mol. The van der Waals surface area contributed by atoms with E-state index in [0.717, 1.165) is 29.0 Å². The molecular formula is C13H11N5O. The van der Waals surface area contributed by atoms with Crippen molar-refractivity contribution in [3.63, 3.8) is 0 Å². The molecule has 0 radical (unpaired) electrons. The van der Waals surface area contributed by atoms with Gasteiger partial charge in [-0.1, -0.05) is 6.08 Å². The predicted octanol–water partition coefficient (Wildman–Crippen LogP) is 1.11. The second kappa shape index (κ2) is 3.68. The van der Waals surface area contributed by atoms with E-state index in [-0.39, 0.29) is 12.1 Å². The summed E-state index contributed by atoms with van der Waals surface area (Å²) in [5, 5.41) is 4.51. The van der Waals surface area contributed by atoms with Crippen LogP contribution in [0.2, 0.25) is 0 Å². The summed E-state index contributed by atoms with van der Waals surface area (Å²) in [7, 11) is 0. The lowest BCUT2D eigenvalue weighted by atomic mass is 10.00. The van der Waals surface area contributed by atoms with Gasteiger partial charge in [0.25, 0.3) is 6.02 Å². The predicted molar refractivity (Wildman–Crippen MR) is 70.2 cm³/mol. The van der Waals surface area contributed by atoms with E-state index < -0.39 is 0 Å². The smallest absolute Gasteiger partial charge is 0.287 e. The number of fused-ring (bicyclic) bond motifs is 2. The van der Waals surface area contributed by atoms with Crippen LogP contribution in [-0.2, 0) is 4.74 Å². The van der Waals surface area contributed by atoms with Gasteiger partial charge in [-0.3, -0.25) is 0 Å². The molecule has 0 spiro atoms. The number of ether oxygens (including phenoxy) is 1. The van der Waals surface area contributed by atoms with Gasteiger partial charge in [-0.15, -0.1) is 0 Å². The molecule has 1 aliphatic heterocycles. The minimum absolute atomic E-state index is 0.0410. The molecule has 0 saturated heterocycles. The molecule has 0 saturated carbocycles. The summed E-state index contributed by atoms with van der Waals surface area (Å²) in [5.41, 5.74) is 9.19. The van der Waals surface area contributed by atoms with Crippen LogP contribution in [-0.4, -0.2) is 26.7 Å².